The molecule has 5 heteroatoms. The van der Waals surface area contributed by atoms with Crippen LogP contribution in [-0.4, -0.2) is 29.9 Å². The Labute approximate surface area is 171 Å². The lowest BCUT2D eigenvalue weighted by molar-refractivity contribution is -0.141. The van der Waals surface area contributed by atoms with Crippen LogP contribution in [-0.2, 0) is 19.1 Å². The Morgan fingerprint density at radius 2 is 2.07 bits per heavy atom. The quantitative estimate of drug-likeness (QED) is 0.400. The maximum absolute atomic E-state index is 12.5. The lowest BCUT2D eigenvalue weighted by atomic mass is 9.90. The molecule has 0 spiro atoms. The van der Waals surface area contributed by atoms with Gasteiger partial charge in [-0.3, -0.25) is 9.59 Å². The molecule has 1 aliphatic heterocycles. The first kappa shape index (κ1) is 20.9. The summed E-state index contributed by atoms with van der Waals surface area (Å²) in [7, 11) is 0. The molecule has 2 aliphatic rings. The Balaban J connectivity index is 1.69. The predicted molar refractivity (Wildman–Crippen MR) is 108 cm³/mol. The number of carbonyl (C=O) groups is 3. The fourth-order valence-electron chi connectivity index (χ4n) is 4.00. The summed E-state index contributed by atoms with van der Waals surface area (Å²) in [5, 5.41) is 0. The van der Waals surface area contributed by atoms with Crippen molar-refractivity contribution in [2.75, 3.05) is 0 Å². The van der Waals surface area contributed by atoms with E-state index in [1.165, 1.54) is 0 Å². The van der Waals surface area contributed by atoms with Gasteiger partial charge in [0, 0.05) is 30.6 Å². The van der Waals surface area contributed by atoms with Crippen molar-refractivity contribution in [3.05, 3.63) is 48.0 Å². The lowest BCUT2D eigenvalue weighted by Gasteiger charge is -2.20. The fraction of sp³-hybridized carbons (Fsp3) is 0.458. The molecule has 5 nitrogen and oxygen atoms in total. The highest BCUT2D eigenvalue weighted by Gasteiger charge is 2.50. The van der Waals surface area contributed by atoms with Crippen LogP contribution in [0.25, 0.3) is 0 Å². The number of fused-ring (bicyclic) bond motifs is 1. The van der Waals surface area contributed by atoms with Gasteiger partial charge >= 0.3 is 11.9 Å². The zero-order valence-electron chi connectivity index (χ0n) is 16.8. The van der Waals surface area contributed by atoms with Crippen LogP contribution in [0.4, 0.5) is 0 Å². The van der Waals surface area contributed by atoms with E-state index >= 15 is 0 Å². The number of ether oxygens (including phenoxy) is 2. The van der Waals surface area contributed by atoms with Crippen molar-refractivity contribution in [3.8, 4) is 11.8 Å². The van der Waals surface area contributed by atoms with Crippen LogP contribution >= 0.6 is 0 Å². The van der Waals surface area contributed by atoms with Crippen molar-refractivity contribution in [1.82, 2.24) is 0 Å². The third-order valence-corrected chi connectivity index (χ3v) is 5.67. The number of ketones is 1. The normalized spacial score (nSPS) is 26.3. The number of carbonyl (C=O) groups excluding carboxylic acids is 3. The molecule has 29 heavy (non-hydrogen) atoms. The Morgan fingerprint density at radius 1 is 1.31 bits per heavy atom. The molecule has 1 saturated heterocycles. The third-order valence-electron chi connectivity index (χ3n) is 5.67. The van der Waals surface area contributed by atoms with Crippen molar-refractivity contribution in [3.63, 3.8) is 0 Å². The molecule has 1 heterocycles. The molecule has 0 bridgehead atoms. The topological polar surface area (TPSA) is 69.7 Å². The summed E-state index contributed by atoms with van der Waals surface area (Å²) >= 11 is 0. The highest BCUT2D eigenvalue weighted by atomic mass is 16.6. The van der Waals surface area contributed by atoms with Crippen molar-refractivity contribution in [2.45, 2.75) is 51.7 Å². The second-order valence-electron chi connectivity index (χ2n) is 7.65. The first-order valence-corrected chi connectivity index (χ1v) is 10.1. The molecule has 1 aromatic rings. The Bertz CT molecular complexity index is 845. The van der Waals surface area contributed by atoms with E-state index in [1.807, 2.05) is 13.0 Å². The van der Waals surface area contributed by atoms with Crippen LogP contribution in [0.1, 0.15) is 49.9 Å². The van der Waals surface area contributed by atoms with E-state index in [0.29, 0.717) is 24.8 Å². The molecular weight excluding hydrogens is 368 g/mol. The lowest BCUT2D eigenvalue weighted by Crippen LogP contribution is -2.25. The van der Waals surface area contributed by atoms with Gasteiger partial charge < -0.3 is 9.47 Å². The van der Waals surface area contributed by atoms with Gasteiger partial charge in [-0.2, -0.15) is 0 Å². The first-order valence-electron chi connectivity index (χ1n) is 10.1. The van der Waals surface area contributed by atoms with Crippen molar-refractivity contribution in [1.29, 1.82) is 0 Å². The number of benzene rings is 1. The number of esters is 2. The highest BCUT2D eigenvalue weighted by molar-refractivity contribution is 5.91. The molecule has 0 aromatic heterocycles. The van der Waals surface area contributed by atoms with Gasteiger partial charge in [-0.1, -0.05) is 31.2 Å². The molecule has 5 atom stereocenters. The summed E-state index contributed by atoms with van der Waals surface area (Å²) in [6.45, 7) is 3.67. The average Bonchev–Trinajstić information content (AvgIpc) is 3.22. The number of hydrogen-bond donors (Lipinski definition) is 0. The molecule has 2 fully saturated rings. The largest absolute Gasteiger partial charge is 0.462 e. The minimum absolute atomic E-state index is 0.0183. The molecule has 152 valence electrons. The molecule has 1 aromatic carbocycles. The number of hydrogen-bond acceptors (Lipinski definition) is 5. The Morgan fingerprint density at radius 3 is 2.79 bits per heavy atom. The number of allylic oxidation sites excluding steroid dienone is 1. The van der Waals surface area contributed by atoms with E-state index in [4.69, 9.17) is 9.47 Å². The smallest absolute Gasteiger partial charge is 0.338 e. The van der Waals surface area contributed by atoms with Gasteiger partial charge in [-0.25, -0.2) is 4.79 Å². The van der Waals surface area contributed by atoms with E-state index in [0.717, 1.165) is 0 Å². The summed E-state index contributed by atoms with van der Waals surface area (Å²) in [4.78, 5) is 36.7. The summed E-state index contributed by atoms with van der Waals surface area (Å²) in [6, 6.07) is 8.80. The zero-order valence-corrected chi connectivity index (χ0v) is 16.8. The number of rotatable bonds is 7. The fourth-order valence-corrected chi connectivity index (χ4v) is 4.00. The SMILES string of the molecule is CC#CCCC(C)C(=O)C=C[C@@H]1[C@H]2CC(=O)O[C@H]2C[C@H]1OC(=O)c1ccccc1. The predicted octanol–water partition coefficient (Wildman–Crippen LogP) is 3.73. The molecule has 0 N–H and O–H groups in total. The minimum atomic E-state index is -0.420. The Kier molecular flexibility index (Phi) is 6.87. The van der Waals surface area contributed by atoms with E-state index < -0.39 is 12.1 Å². The van der Waals surface area contributed by atoms with Crippen LogP contribution in [0.5, 0.6) is 0 Å². The van der Waals surface area contributed by atoms with E-state index in [2.05, 4.69) is 11.8 Å². The second-order valence-corrected chi connectivity index (χ2v) is 7.65. The van der Waals surface area contributed by atoms with Gasteiger partial charge in [0.2, 0.25) is 0 Å². The van der Waals surface area contributed by atoms with Crippen molar-refractivity contribution in [2.24, 2.45) is 17.8 Å². The molecule has 3 rings (SSSR count). The van der Waals surface area contributed by atoms with Gasteiger partial charge in [0.1, 0.15) is 12.2 Å². The minimum Gasteiger partial charge on any atom is -0.462 e. The van der Waals surface area contributed by atoms with Crippen molar-refractivity contribution >= 4 is 17.7 Å². The molecule has 1 saturated carbocycles. The van der Waals surface area contributed by atoms with Crippen LogP contribution in [0.2, 0.25) is 0 Å². The van der Waals surface area contributed by atoms with Crippen LogP contribution in [0.15, 0.2) is 42.5 Å². The van der Waals surface area contributed by atoms with Crippen LogP contribution in [0, 0.1) is 29.6 Å². The average molecular weight is 394 g/mol. The molecule has 0 radical (unpaired) electrons. The highest BCUT2D eigenvalue weighted by Crippen LogP contribution is 2.43. The van der Waals surface area contributed by atoms with Gasteiger partial charge in [0.05, 0.1) is 12.0 Å². The van der Waals surface area contributed by atoms with Gasteiger partial charge in [-0.15, -0.1) is 11.8 Å². The molecule has 1 unspecified atom stereocenters. The second kappa shape index (κ2) is 9.56. The van der Waals surface area contributed by atoms with E-state index in [-0.39, 0.29) is 42.0 Å². The van der Waals surface area contributed by atoms with Gasteiger partial charge in [0.25, 0.3) is 0 Å². The summed E-state index contributed by atoms with van der Waals surface area (Å²) < 4.78 is 11.1. The van der Waals surface area contributed by atoms with Crippen LogP contribution < -0.4 is 0 Å². The Hall–Kier alpha value is -2.87. The maximum atomic E-state index is 12.5. The molecular formula is C24H26O5. The monoisotopic (exact) mass is 394 g/mol. The third kappa shape index (κ3) is 5.14. The summed E-state index contributed by atoms with van der Waals surface area (Å²) in [5.74, 6) is 4.77. The standard InChI is InChI=1S/C24H26O5/c1-3-4-6-9-16(2)20(25)13-12-18-19-14-23(26)28-22(19)15-21(18)29-24(27)17-10-7-5-8-11-17/h5,7-8,10-13,16,18-19,21-22H,6,9,14-15H2,1-2H3/t16?,18-,19-,21-,22+/m1/s1. The first-order chi connectivity index (χ1) is 14.0. The summed E-state index contributed by atoms with van der Waals surface area (Å²) in [6.07, 6.45) is 4.83. The van der Waals surface area contributed by atoms with E-state index in [1.54, 1.807) is 43.3 Å². The van der Waals surface area contributed by atoms with E-state index in [9.17, 15) is 14.4 Å². The zero-order chi connectivity index (χ0) is 20.8. The van der Waals surface area contributed by atoms with Gasteiger partial charge in [0.15, 0.2) is 5.78 Å². The molecule has 1 aliphatic carbocycles. The van der Waals surface area contributed by atoms with Crippen LogP contribution in [0.3, 0.4) is 0 Å². The maximum Gasteiger partial charge on any atom is 0.338 e. The van der Waals surface area contributed by atoms with Crippen molar-refractivity contribution < 1.29 is 23.9 Å². The van der Waals surface area contributed by atoms with Gasteiger partial charge in [-0.05, 0) is 31.6 Å². The molecule has 0 amide bonds. The summed E-state index contributed by atoms with van der Waals surface area (Å²) in [5.41, 5.74) is 0.478.